The van der Waals surface area contributed by atoms with Crippen molar-refractivity contribution in [3.05, 3.63) is 64.2 Å². The molecule has 0 spiro atoms. The Morgan fingerprint density at radius 3 is 2.58 bits per heavy atom. The fourth-order valence-corrected chi connectivity index (χ4v) is 3.21. The van der Waals surface area contributed by atoms with Crippen molar-refractivity contribution >= 4 is 17.5 Å². The largest absolute Gasteiger partial charge is 0.457 e. The number of ether oxygens (including phenoxy) is 1. The molecule has 0 atom stereocenters. The average molecular weight is 350 g/mol. The third-order valence-corrected chi connectivity index (χ3v) is 4.97. The first-order valence-electron chi connectivity index (χ1n) is 9.07. The van der Waals surface area contributed by atoms with Crippen molar-refractivity contribution in [1.29, 1.82) is 0 Å². The lowest BCUT2D eigenvalue weighted by molar-refractivity contribution is 0.0471. The van der Waals surface area contributed by atoms with Crippen molar-refractivity contribution in [3.63, 3.8) is 0 Å². The molecular weight excluding hydrogens is 324 g/mol. The minimum Gasteiger partial charge on any atom is -0.457 e. The van der Waals surface area contributed by atoms with E-state index < -0.39 is 0 Å². The van der Waals surface area contributed by atoms with Crippen molar-refractivity contribution < 1.29 is 9.53 Å². The summed E-state index contributed by atoms with van der Waals surface area (Å²) < 4.78 is 5.54. The lowest BCUT2D eigenvalue weighted by atomic mass is 10.0. The van der Waals surface area contributed by atoms with Crippen LogP contribution in [-0.4, -0.2) is 30.3 Å². The number of hydrogen-bond donors (Lipinski definition) is 0. The molecule has 1 aliphatic heterocycles. The van der Waals surface area contributed by atoms with Crippen molar-refractivity contribution in [2.75, 3.05) is 13.6 Å². The van der Waals surface area contributed by atoms with Crippen LogP contribution in [-0.2, 0) is 11.3 Å². The van der Waals surface area contributed by atoms with E-state index in [9.17, 15) is 4.79 Å². The maximum Gasteiger partial charge on any atom is 0.338 e. The predicted molar refractivity (Wildman–Crippen MR) is 105 cm³/mol. The van der Waals surface area contributed by atoms with Crippen molar-refractivity contribution in [3.8, 4) is 0 Å². The van der Waals surface area contributed by atoms with E-state index in [0.29, 0.717) is 12.2 Å². The second-order valence-electron chi connectivity index (χ2n) is 7.01. The number of rotatable bonds is 4. The molecule has 26 heavy (non-hydrogen) atoms. The van der Waals surface area contributed by atoms with E-state index in [2.05, 4.69) is 11.9 Å². The molecular formula is C22H26N2O2. The lowest BCUT2D eigenvalue weighted by Crippen LogP contribution is -2.18. The summed E-state index contributed by atoms with van der Waals surface area (Å²) in [6.07, 6.45) is 2.16. The van der Waals surface area contributed by atoms with Gasteiger partial charge in [0.1, 0.15) is 12.4 Å². The normalized spacial score (nSPS) is 15.5. The molecule has 4 heteroatoms. The van der Waals surface area contributed by atoms with Crippen LogP contribution in [0, 0.1) is 20.8 Å². The van der Waals surface area contributed by atoms with Gasteiger partial charge in [-0.15, -0.1) is 0 Å². The summed E-state index contributed by atoms with van der Waals surface area (Å²) in [6, 6.07) is 11.8. The fraction of sp³-hybridized carbons (Fsp3) is 0.364. The van der Waals surface area contributed by atoms with Gasteiger partial charge in [-0.1, -0.05) is 24.3 Å². The van der Waals surface area contributed by atoms with Crippen LogP contribution in [0.4, 0.5) is 5.69 Å². The van der Waals surface area contributed by atoms with Crippen LogP contribution in [0.15, 0.2) is 41.4 Å². The van der Waals surface area contributed by atoms with Crippen molar-refractivity contribution in [2.45, 2.75) is 40.2 Å². The zero-order chi connectivity index (χ0) is 18.7. The van der Waals surface area contributed by atoms with Gasteiger partial charge >= 0.3 is 5.97 Å². The molecule has 136 valence electrons. The number of likely N-dealkylation sites (tertiary alicyclic amines) is 1. The number of esters is 1. The SMILES string of the molecule is Cc1ccccc1COC(=O)c1cc(C)c(N=C2CCCN2C)cc1C. The average Bonchev–Trinajstić information content (AvgIpc) is 3.01. The molecule has 4 nitrogen and oxygen atoms in total. The van der Waals surface area contributed by atoms with Crippen molar-refractivity contribution in [1.82, 2.24) is 4.90 Å². The molecule has 1 saturated heterocycles. The highest BCUT2D eigenvalue weighted by Crippen LogP contribution is 2.26. The minimum atomic E-state index is -0.286. The van der Waals surface area contributed by atoms with E-state index in [1.807, 2.05) is 57.2 Å². The topological polar surface area (TPSA) is 41.9 Å². The molecule has 0 aliphatic carbocycles. The highest BCUT2D eigenvalue weighted by molar-refractivity contribution is 5.92. The Morgan fingerprint density at radius 1 is 1.12 bits per heavy atom. The number of aryl methyl sites for hydroxylation is 3. The van der Waals surface area contributed by atoms with E-state index >= 15 is 0 Å². The van der Waals surface area contributed by atoms with E-state index in [-0.39, 0.29) is 5.97 Å². The monoisotopic (exact) mass is 350 g/mol. The molecule has 0 bridgehead atoms. The smallest absolute Gasteiger partial charge is 0.338 e. The summed E-state index contributed by atoms with van der Waals surface area (Å²) >= 11 is 0. The van der Waals surface area contributed by atoms with Crippen LogP contribution in [0.2, 0.25) is 0 Å². The van der Waals surface area contributed by atoms with Gasteiger partial charge < -0.3 is 9.64 Å². The van der Waals surface area contributed by atoms with Crippen LogP contribution in [0.25, 0.3) is 0 Å². The zero-order valence-corrected chi connectivity index (χ0v) is 16.0. The van der Waals surface area contributed by atoms with E-state index in [1.165, 1.54) is 0 Å². The fourth-order valence-electron chi connectivity index (χ4n) is 3.21. The zero-order valence-electron chi connectivity index (χ0n) is 16.0. The number of aliphatic imine (C=N–C) groups is 1. The van der Waals surface area contributed by atoms with Gasteiger partial charge in [0.2, 0.25) is 0 Å². The molecule has 0 radical (unpaired) electrons. The number of amidine groups is 1. The Hall–Kier alpha value is -2.62. The van der Waals surface area contributed by atoms with Crippen LogP contribution >= 0.6 is 0 Å². The molecule has 1 heterocycles. The van der Waals surface area contributed by atoms with E-state index in [0.717, 1.165) is 53.2 Å². The van der Waals surface area contributed by atoms with E-state index in [1.54, 1.807) is 0 Å². The molecule has 3 rings (SSSR count). The van der Waals surface area contributed by atoms with Crippen LogP contribution in [0.5, 0.6) is 0 Å². The maximum absolute atomic E-state index is 12.5. The summed E-state index contributed by atoms with van der Waals surface area (Å²) in [5.41, 5.74) is 5.58. The van der Waals surface area contributed by atoms with Gasteiger partial charge in [-0.25, -0.2) is 9.79 Å². The maximum atomic E-state index is 12.5. The van der Waals surface area contributed by atoms with Gasteiger partial charge in [0.25, 0.3) is 0 Å². The van der Waals surface area contributed by atoms with Gasteiger partial charge in [0.05, 0.1) is 11.3 Å². The Kier molecular flexibility index (Phi) is 5.40. The molecule has 0 N–H and O–H groups in total. The van der Waals surface area contributed by atoms with Gasteiger partial charge in [-0.05, 0) is 61.6 Å². The molecule has 2 aromatic rings. The van der Waals surface area contributed by atoms with Crippen LogP contribution < -0.4 is 0 Å². The van der Waals surface area contributed by atoms with Crippen LogP contribution in [0.1, 0.15) is 45.5 Å². The Labute approximate surface area is 155 Å². The number of carbonyl (C=O) groups excluding carboxylic acids is 1. The summed E-state index contributed by atoms with van der Waals surface area (Å²) in [4.78, 5) is 19.5. The molecule has 2 aromatic carbocycles. The number of nitrogens with zero attached hydrogens (tertiary/aromatic N) is 2. The Bertz CT molecular complexity index is 855. The second kappa shape index (κ2) is 7.73. The molecule has 1 aliphatic rings. The van der Waals surface area contributed by atoms with Gasteiger partial charge in [-0.3, -0.25) is 0 Å². The predicted octanol–water partition coefficient (Wildman–Crippen LogP) is 4.72. The van der Waals surface area contributed by atoms with Crippen molar-refractivity contribution in [2.24, 2.45) is 4.99 Å². The molecule has 0 unspecified atom stereocenters. The standard InChI is InChI=1S/C22H26N2O2/c1-15-8-5-6-9-18(15)14-26-22(25)19-12-17(3)20(13-16(19)2)23-21-10-7-11-24(21)4/h5-6,8-9,12-13H,7,10-11,14H2,1-4H3. The molecule has 1 fully saturated rings. The highest BCUT2D eigenvalue weighted by Gasteiger charge is 2.17. The lowest BCUT2D eigenvalue weighted by Gasteiger charge is -2.14. The number of benzene rings is 2. The molecule has 0 aromatic heterocycles. The Morgan fingerprint density at radius 2 is 1.88 bits per heavy atom. The first-order chi connectivity index (χ1) is 12.5. The second-order valence-corrected chi connectivity index (χ2v) is 7.01. The first kappa shape index (κ1) is 18.2. The van der Waals surface area contributed by atoms with Gasteiger partial charge in [0.15, 0.2) is 0 Å². The summed E-state index contributed by atoms with van der Waals surface area (Å²) in [5.74, 6) is 0.827. The Balaban J connectivity index is 1.77. The third-order valence-electron chi connectivity index (χ3n) is 4.97. The van der Waals surface area contributed by atoms with Crippen LogP contribution in [0.3, 0.4) is 0 Å². The quantitative estimate of drug-likeness (QED) is 0.749. The van der Waals surface area contributed by atoms with Gasteiger partial charge in [-0.2, -0.15) is 0 Å². The molecule has 0 saturated carbocycles. The summed E-state index contributed by atoms with van der Waals surface area (Å²) in [5, 5.41) is 0. The highest BCUT2D eigenvalue weighted by atomic mass is 16.5. The minimum absolute atomic E-state index is 0.286. The van der Waals surface area contributed by atoms with Gasteiger partial charge in [0, 0.05) is 20.0 Å². The summed E-state index contributed by atoms with van der Waals surface area (Å²) in [6.45, 7) is 7.29. The first-order valence-corrected chi connectivity index (χ1v) is 9.07. The number of carbonyl (C=O) groups is 1. The third kappa shape index (κ3) is 3.96. The summed E-state index contributed by atoms with van der Waals surface area (Å²) in [7, 11) is 2.07. The van der Waals surface area contributed by atoms with E-state index in [4.69, 9.17) is 9.73 Å². The molecule has 0 amide bonds. The number of hydrogen-bond acceptors (Lipinski definition) is 3.